The van der Waals surface area contributed by atoms with E-state index in [9.17, 15) is 19.8 Å². The number of carbonyl (C=O) groups is 2. The number of ether oxygens (including phenoxy) is 3. The third-order valence-corrected chi connectivity index (χ3v) is 17.7. The summed E-state index contributed by atoms with van der Waals surface area (Å²) in [5.74, 6) is 3.43. The zero-order valence-electron chi connectivity index (χ0n) is 42.1. The van der Waals surface area contributed by atoms with Crippen LogP contribution >= 0.6 is 34.0 Å². The number of carbonyl (C=O) groups excluding carboxylic acids is 2. The summed E-state index contributed by atoms with van der Waals surface area (Å²) in [6, 6.07) is 32.0. The van der Waals surface area contributed by atoms with E-state index in [1.807, 2.05) is 76.5 Å². The van der Waals surface area contributed by atoms with E-state index in [4.69, 9.17) is 14.2 Å². The molecule has 3 saturated carbocycles. The van der Waals surface area contributed by atoms with Gasteiger partial charge < -0.3 is 46.5 Å². The zero-order valence-corrected chi connectivity index (χ0v) is 44.6. The molecule has 7 heterocycles. The summed E-state index contributed by atoms with van der Waals surface area (Å²) < 4.78 is 16.4. The molecular formula is C57H74LiN3O7S3. The van der Waals surface area contributed by atoms with Crippen LogP contribution in [0.1, 0.15) is 84.0 Å². The molecule has 1 spiro atoms. The molecule has 3 unspecified atom stereocenters. The van der Waals surface area contributed by atoms with Gasteiger partial charge in [0.2, 0.25) is 0 Å². The summed E-state index contributed by atoms with van der Waals surface area (Å²) >= 11 is 5.24. The maximum atomic E-state index is 12.3. The van der Waals surface area contributed by atoms with Crippen molar-refractivity contribution in [2.75, 3.05) is 45.9 Å². The topological polar surface area (TPSA) is 124 Å². The molecule has 0 radical (unpaired) electrons. The molecule has 3 aliphatic carbocycles. The molecule has 378 valence electrons. The van der Waals surface area contributed by atoms with E-state index < -0.39 is 11.2 Å². The first-order valence-electron chi connectivity index (χ1n) is 25.5. The molecule has 7 aliphatic rings. The molecule has 10 nitrogen and oxygen atoms in total. The van der Waals surface area contributed by atoms with Gasteiger partial charge in [0, 0.05) is 53.7 Å². The predicted molar refractivity (Wildman–Crippen MR) is 282 cm³/mol. The van der Waals surface area contributed by atoms with Crippen molar-refractivity contribution in [3.63, 3.8) is 0 Å². The van der Waals surface area contributed by atoms with Crippen LogP contribution in [0.2, 0.25) is 0 Å². The van der Waals surface area contributed by atoms with Gasteiger partial charge >= 0.3 is 31.0 Å². The van der Waals surface area contributed by atoms with E-state index in [1.165, 1.54) is 21.1 Å². The van der Waals surface area contributed by atoms with Gasteiger partial charge in [-0.1, -0.05) is 92.2 Å². The third kappa shape index (κ3) is 16.0. The molecule has 7 fully saturated rings. The van der Waals surface area contributed by atoms with Crippen LogP contribution in [0.25, 0.3) is 0 Å². The molecule has 9 atom stereocenters. The number of benzene rings is 2. The maximum absolute atomic E-state index is 12.3. The van der Waals surface area contributed by atoms with Crippen LogP contribution in [0.5, 0.6) is 0 Å². The van der Waals surface area contributed by atoms with Crippen molar-refractivity contribution in [3.05, 3.63) is 146 Å². The number of aliphatic hydroxyl groups is 2. The molecular weight excluding hydrogens is 942 g/mol. The van der Waals surface area contributed by atoms with Crippen LogP contribution in [-0.4, -0.2) is 94.9 Å². The van der Waals surface area contributed by atoms with Crippen LogP contribution < -0.4 is 24.2 Å². The van der Waals surface area contributed by atoms with Crippen molar-refractivity contribution < 1.29 is 52.9 Å². The smallest absolute Gasteiger partial charge is 0.445 e. The minimum atomic E-state index is -0.611. The van der Waals surface area contributed by atoms with Crippen molar-refractivity contribution in [2.45, 2.75) is 108 Å². The Morgan fingerprint density at radius 2 is 1.03 bits per heavy atom. The summed E-state index contributed by atoms with van der Waals surface area (Å²) in [5.41, 5.74) is 1.21. The van der Waals surface area contributed by atoms with Crippen LogP contribution in [-0.2, 0) is 40.3 Å². The van der Waals surface area contributed by atoms with Crippen molar-refractivity contribution in [2.24, 2.45) is 35.5 Å². The molecule has 3 N–H and O–H groups in total. The van der Waals surface area contributed by atoms with E-state index in [0.717, 1.165) is 114 Å². The van der Waals surface area contributed by atoms with Crippen LogP contribution in [0.3, 0.4) is 0 Å². The first-order chi connectivity index (χ1) is 33.9. The summed E-state index contributed by atoms with van der Waals surface area (Å²) in [6.45, 7) is 14.7. The van der Waals surface area contributed by atoms with Gasteiger partial charge in [-0.15, -0.1) is 34.0 Å². The molecule has 14 heteroatoms. The number of aryl methyl sites for hydroxylation is 1. The fraction of sp³-hybridized carbons (Fsp3) is 0.526. The van der Waals surface area contributed by atoms with Crippen molar-refractivity contribution in [1.29, 1.82) is 0 Å². The fourth-order valence-electron chi connectivity index (χ4n) is 11.6. The third-order valence-electron chi connectivity index (χ3n) is 15.1. The number of nitrogens with zero attached hydrogens (tertiary/aromatic N) is 2. The Morgan fingerprint density at radius 3 is 1.37 bits per heavy atom. The number of hydrogen-bond donors (Lipinski definition) is 3. The van der Waals surface area contributed by atoms with Gasteiger partial charge in [0.25, 0.3) is 0 Å². The Labute approximate surface area is 446 Å². The number of epoxide rings is 1. The number of rotatable bonds is 9. The van der Waals surface area contributed by atoms with E-state index >= 15 is 0 Å². The Bertz CT molecular complexity index is 2270. The average Bonchev–Trinajstić information content (AvgIpc) is 4.20. The maximum Gasteiger partial charge on any atom is 1.00 e. The predicted octanol–water partition coefficient (Wildman–Crippen LogP) is 8.47. The molecule has 71 heavy (non-hydrogen) atoms. The van der Waals surface area contributed by atoms with Crippen molar-refractivity contribution in [1.82, 2.24) is 15.1 Å². The second-order valence-corrected chi connectivity index (χ2v) is 24.1. The van der Waals surface area contributed by atoms with E-state index in [2.05, 4.69) is 72.6 Å². The van der Waals surface area contributed by atoms with Gasteiger partial charge in [0.15, 0.2) is 0 Å². The number of nitrogens with one attached hydrogen (secondary N) is 1. The largest absolute Gasteiger partial charge is 1.00 e. The normalized spacial score (nSPS) is 29.1. The minimum Gasteiger partial charge on any atom is -0.445 e. The van der Waals surface area contributed by atoms with E-state index in [-0.39, 0.29) is 36.6 Å². The SMILES string of the molecule is Cc1cccs1.O=C(OCc1ccccc1)N1C[C@@H]2CC(O)(Cc3cccs3)C[C@@H]2C1.O=C(OCc1ccccc1)N1C[C@@H]2CC3(CO3)C[C@@H]2C1.OC1(Cc2cccs2)C[C@H]2CNC[C@H]2C1.[CH2-]CCC.[Li+]. The average molecular weight is 1020 g/mol. The second kappa shape index (κ2) is 26.1. The number of amides is 2. The van der Waals surface area contributed by atoms with E-state index in [0.29, 0.717) is 50.0 Å². The molecule has 4 saturated heterocycles. The summed E-state index contributed by atoms with van der Waals surface area (Å²) in [7, 11) is 0. The van der Waals surface area contributed by atoms with Gasteiger partial charge in [-0.3, -0.25) is 0 Å². The van der Waals surface area contributed by atoms with Gasteiger partial charge in [0.1, 0.15) is 13.2 Å². The summed E-state index contributed by atoms with van der Waals surface area (Å²) in [5, 5.41) is 31.1. The number of likely N-dealkylation sites (tertiary alicyclic amines) is 2. The molecule has 2 aromatic carbocycles. The molecule has 4 aliphatic heterocycles. The molecule has 3 aromatic heterocycles. The molecule has 0 bridgehead atoms. The first-order valence-corrected chi connectivity index (χ1v) is 28.1. The van der Waals surface area contributed by atoms with Crippen molar-refractivity contribution >= 4 is 46.2 Å². The number of hydrogen-bond acceptors (Lipinski definition) is 11. The Hall–Kier alpha value is -3.48. The summed E-state index contributed by atoms with van der Waals surface area (Å²) in [6.07, 6.45) is 9.24. The van der Waals surface area contributed by atoms with Gasteiger partial charge in [0.05, 0.1) is 23.4 Å². The Morgan fingerprint density at radius 1 is 0.634 bits per heavy atom. The number of thiophene rings is 3. The number of fused-ring (bicyclic) bond motifs is 3. The first kappa shape index (κ1) is 55.3. The Kier molecular flexibility index (Phi) is 20.3. The van der Waals surface area contributed by atoms with Crippen LogP contribution in [0.15, 0.2) is 113 Å². The molecule has 5 aromatic rings. The standard InChI is InChI=1S/C20H23NO3S.C16H19NO3.C12H17NOS.C5H6S.C4H9.Li/c22-19(24-14-15-5-2-1-3-6-15)21-12-16-9-20(23,10-17(16)13-21)11-18-7-4-8-25-18;18-15(19-10-12-4-2-1-3-5-12)17-8-13-6-16(11-20-16)7-14(13)9-17;14-12(6-11-2-1-3-15-11)4-9-7-13-8-10(9)5-12;1-5-3-2-4-6-5;1-3-4-2;/h1-8,16-17,23H,9-14H2;1-5,13-14H,6-11H2;1-3,9-10,13-14H,4-8H2;2-4H,1H3;1,3-4H2,2H3;/q;;;;-1;+1/t16-,17+,20?;13-,14+,16?;9-,10+,12?;;;. The van der Waals surface area contributed by atoms with Gasteiger partial charge in [-0.2, -0.15) is 6.42 Å². The quantitative estimate of drug-likeness (QED) is 0.0764. The summed E-state index contributed by atoms with van der Waals surface area (Å²) in [4.78, 5) is 32.0. The second-order valence-electron chi connectivity index (χ2n) is 20.8. The van der Waals surface area contributed by atoms with Crippen LogP contribution in [0, 0.1) is 49.4 Å². The molecule has 12 rings (SSSR count). The number of unbranched alkanes of at least 4 members (excludes halogenated alkanes) is 1. The Balaban J connectivity index is 0.000000144. The van der Waals surface area contributed by atoms with Gasteiger partial charge in [-0.25, -0.2) is 9.59 Å². The van der Waals surface area contributed by atoms with Crippen LogP contribution in [0.4, 0.5) is 9.59 Å². The monoisotopic (exact) mass is 1020 g/mol. The zero-order chi connectivity index (χ0) is 49.0. The minimum absolute atomic E-state index is 0. The van der Waals surface area contributed by atoms with Crippen molar-refractivity contribution in [3.8, 4) is 0 Å². The van der Waals surface area contributed by atoms with Gasteiger partial charge in [-0.05, 0) is 140 Å². The fourth-order valence-corrected chi connectivity index (χ4v) is 13.8. The van der Waals surface area contributed by atoms with E-state index in [1.54, 1.807) is 34.0 Å². The molecule has 2 amide bonds.